The van der Waals surface area contributed by atoms with Gasteiger partial charge in [-0.15, -0.1) is 0 Å². The van der Waals surface area contributed by atoms with Gasteiger partial charge in [0.25, 0.3) is 0 Å². The topological polar surface area (TPSA) is 67.4 Å². The Morgan fingerprint density at radius 2 is 1.77 bits per heavy atom. The molecular formula is C17H26N2O3. The van der Waals surface area contributed by atoms with Gasteiger partial charge in [0.15, 0.2) is 0 Å². The van der Waals surface area contributed by atoms with E-state index in [9.17, 15) is 9.59 Å². The largest absolute Gasteiger partial charge is 0.445 e. The highest BCUT2D eigenvalue weighted by atomic mass is 16.5. The summed E-state index contributed by atoms with van der Waals surface area (Å²) < 4.78 is 5.10. The first-order chi connectivity index (χ1) is 10.7. The van der Waals surface area contributed by atoms with E-state index in [1.165, 1.54) is 0 Å². The van der Waals surface area contributed by atoms with Crippen molar-refractivity contribution in [3.63, 3.8) is 0 Å². The normalized spacial score (nSPS) is 10.0. The standard InChI is InChI=1S/C17H26N2O3/c1-2-12-18-16(20)11-7-4-8-13-19-17(21)22-14-15-9-5-3-6-10-15/h3,5-6,9-10H,2,4,7-8,11-14H2,1H3,(H,18,20)(H,19,21). The maximum atomic E-state index is 11.5. The zero-order valence-corrected chi connectivity index (χ0v) is 13.3. The number of rotatable bonds is 10. The van der Waals surface area contributed by atoms with Crippen molar-refractivity contribution in [2.75, 3.05) is 13.1 Å². The summed E-state index contributed by atoms with van der Waals surface area (Å²) in [6.45, 7) is 3.63. The van der Waals surface area contributed by atoms with E-state index in [-0.39, 0.29) is 12.5 Å². The van der Waals surface area contributed by atoms with Gasteiger partial charge in [-0.2, -0.15) is 0 Å². The van der Waals surface area contributed by atoms with Crippen LogP contribution in [0.4, 0.5) is 4.79 Å². The lowest BCUT2D eigenvalue weighted by molar-refractivity contribution is -0.121. The molecule has 0 aliphatic carbocycles. The number of hydrogen-bond acceptors (Lipinski definition) is 3. The molecule has 1 aromatic carbocycles. The molecular weight excluding hydrogens is 280 g/mol. The van der Waals surface area contributed by atoms with Crippen LogP contribution in [-0.4, -0.2) is 25.1 Å². The van der Waals surface area contributed by atoms with Gasteiger partial charge in [-0.05, 0) is 24.8 Å². The molecule has 1 aromatic rings. The Labute approximate surface area is 132 Å². The number of ether oxygens (including phenoxy) is 1. The highest BCUT2D eigenvalue weighted by molar-refractivity contribution is 5.75. The third-order valence-corrected chi connectivity index (χ3v) is 3.13. The van der Waals surface area contributed by atoms with Gasteiger partial charge in [0.2, 0.25) is 5.91 Å². The quantitative estimate of drug-likeness (QED) is 0.653. The average Bonchev–Trinajstić information content (AvgIpc) is 2.55. The number of carbonyl (C=O) groups is 2. The summed E-state index contributed by atoms with van der Waals surface area (Å²) in [5, 5.41) is 5.56. The summed E-state index contributed by atoms with van der Waals surface area (Å²) in [6.07, 6.45) is 3.72. The first kappa shape index (κ1) is 18.0. The van der Waals surface area contributed by atoms with Crippen molar-refractivity contribution < 1.29 is 14.3 Å². The number of hydrogen-bond donors (Lipinski definition) is 2. The van der Waals surface area contributed by atoms with Gasteiger partial charge in [0.05, 0.1) is 0 Å². The molecule has 0 heterocycles. The van der Waals surface area contributed by atoms with E-state index >= 15 is 0 Å². The van der Waals surface area contributed by atoms with Gasteiger partial charge in [-0.25, -0.2) is 4.79 Å². The second-order valence-corrected chi connectivity index (χ2v) is 5.15. The van der Waals surface area contributed by atoms with Crippen LogP contribution in [0.15, 0.2) is 30.3 Å². The molecule has 0 bridgehead atoms. The van der Waals surface area contributed by atoms with E-state index in [0.717, 1.165) is 37.8 Å². The zero-order valence-electron chi connectivity index (χ0n) is 13.3. The molecule has 0 aliphatic heterocycles. The molecule has 5 nitrogen and oxygen atoms in total. The molecule has 0 atom stereocenters. The lowest BCUT2D eigenvalue weighted by atomic mass is 10.2. The predicted octanol–water partition coefficient (Wildman–Crippen LogP) is 3.00. The number of benzene rings is 1. The minimum Gasteiger partial charge on any atom is -0.445 e. The molecule has 2 N–H and O–H groups in total. The van der Waals surface area contributed by atoms with Crippen molar-refractivity contribution in [3.05, 3.63) is 35.9 Å². The Morgan fingerprint density at radius 3 is 2.50 bits per heavy atom. The molecule has 0 spiro atoms. The van der Waals surface area contributed by atoms with Crippen molar-refractivity contribution in [3.8, 4) is 0 Å². The molecule has 122 valence electrons. The third kappa shape index (κ3) is 9.00. The second kappa shape index (κ2) is 11.6. The summed E-state index contributed by atoms with van der Waals surface area (Å²) in [5.41, 5.74) is 0.968. The molecule has 1 rings (SSSR count). The molecule has 0 saturated heterocycles. The summed E-state index contributed by atoms with van der Waals surface area (Å²) in [7, 11) is 0. The highest BCUT2D eigenvalue weighted by Crippen LogP contribution is 2.01. The number of alkyl carbamates (subject to hydrolysis) is 1. The van der Waals surface area contributed by atoms with Crippen LogP contribution in [-0.2, 0) is 16.1 Å². The van der Waals surface area contributed by atoms with Crippen LogP contribution in [0.5, 0.6) is 0 Å². The molecule has 22 heavy (non-hydrogen) atoms. The molecule has 0 fully saturated rings. The van der Waals surface area contributed by atoms with E-state index in [1.807, 2.05) is 37.3 Å². The SMILES string of the molecule is CCCNC(=O)CCCCCNC(=O)OCc1ccccc1. The number of nitrogens with one attached hydrogen (secondary N) is 2. The van der Waals surface area contributed by atoms with Crippen molar-refractivity contribution in [1.29, 1.82) is 0 Å². The van der Waals surface area contributed by atoms with Crippen LogP contribution in [0.25, 0.3) is 0 Å². The van der Waals surface area contributed by atoms with Crippen LogP contribution >= 0.6 is 0 Å². The first-order valence-corrected chi connectivity index (χ1v) is 7.93. The van der Waals surface area contributed by atoms with Gasteiger partial charge in [-0.3, -0.25) is 4.79 Å². The van der Waals surface area contributed by atoms with Gasteiger partial charge in [-0.1, -0.05) is 43.7 Å². The van der Waals surface area contributed by atoms with E-state index in [1.54, 1.807) is 0 Å². The van der Waals surface area contributed by atoms with Crippen LogP contribution in [0.2, 0.25) is 0 Å². The Balaban J connectivity index is 1.96. The Hall–Kier alpha value is -2.04. The average molecular weight is 306 g/mol. The van der Waals surface area contributed by atoms with Crippen molar-refractivity contribution in [1.82, 2.24) is 10.6 Å². The summed E-state index contributed by atoms with van der Waals surface area (Å²) in [4.78, 5) is 22.8. The summed E-state index contributed by atoms with van der Waals surface area (Å²) in [6, 6.07) is 9.57. The lowest BCUT2D eigenvalue weighted by Gasteiger charge is -2.07. The van der Waals surface area contributed by atoms with E-state index < -0.39 is 6.09 Å². The van der Waals surface area contributed by atoms with Crippen LogP contribution in [0.1, 0.15) is 44.6 Å². The van der Waals surface area contributed by atoms with E-state index in [2.05, 4.69) is 10.6 Å². The van der Waals surface area contributed by atoms with Crippen LogP contribution < -0.4 is 10.6 Å². The number of unbranched alkanes of at least 4 members (excludes halogenated alkanes) is 2. The molecule has 0 unspecified atom stereocenters. The highest BCUT2D eigenvalue weighted by Gasteiger charge is 2.02. The Kier molecular flexibility index (Phi) is 9.50. The van der Waals surface area contributed by atoms with Crippen LogP contribution in [0, 0.1) is 0 Å². The number of carbonyl (C=O) groups excluding carboxylic acids is 2. The first-order valence-electron chi connectivity index (χ1n) is 7.93. The second-order valence-electron chi connectivity index (χ2n) is 5.15. The van der Waals surface area contributed by atoms with E-state index in [4.69, 9.17) is 4.74 Å². The fourth-order valence-electron chi connectivity index (χ4n) is 1.90. The minimum atomic E-state index is -0.399. The van der Waals surface area contributed by atoms with Crippen molar-refractivity contribution in [2.45, 2.75) is 45.6 Å². The predicted molar refractivity (Wildman–Crippen MR) is 86.4 cm³/mol. The third-order valence-electron chi connectivity index (χ3n) is 3.13. The van der Waals surface area contributed by atoms with Gasteiger partial charge in [0, 0.05) is 19.5 Å². The summed E-state index contributed by atoms with van der Waals surface area (Å²) >= 11 is 0. The van der Waals surface area contributed by atoms with Gasteiger partial charge >= 0.3 is 6.09 Å². The fraction of sp³-hybridized carbons (Fsp3) is 0.529. The summed E-state index contributed by atoms with van der Waals surface area (Å²) in [5.74, 6) is 0.108. The molecule has 5 heteroatoms. The fourth-order valence-corrected chi connectivity index (χ4v) is 1.90. The van der Waals surface area contributed by atoms with Gasteiger partial charge < -0.3 is 15.4 Å². The van der Waals surface area contributed by atoms with Crippen molar-refractivity contribution in [2.24, 2.45) is 0 Å². The maximum Gasteiger partial charge on any atom is 0.407 e. The van der Waals surface area contributed by atoms with Crippen molar-refractivity contribution >= 4 is 12.0 Å². The monoisotopic (exact) mass is 306 g/mol. The number of amides is 2. The Bertz CT molecular complexity index is 435. The lowest BCUT2D eigenvalue weighted by Crippen LogP contribution is -2.25. The Morgan fingerprint density at radius 1 is 1.00 bits per heavy atom. The maximum absolute atomic E-state index is 11.5. The van der Waals surface area contributed by atoms with Crippen LogP contribution in [0.3, 0.4) is 0 Å². The van der Waals surface area contributed by atoms with Gasteiger partial charge in [0.1, 0.15) is 6.61 Å². The molecule has 0 radical (unpaired) electrons. The molecule has 2 amide bonds. The molecule has 0 aromatic heterocycles. The molecule has 0 saturated carbocycles. The zero-order chi connectivity index (χ0) is 16.0. The van der Waals surface area contributed by atoms with E-state index in [0.29, 0.717) is 13.0 Å². The smallest absolute Gasteiger partial charge is 0.407 e. The minimum absolute atomic E-state index is 0.108. The molecule has 0 aliphatic rings.